The third-order valence-corrected chi connectivity index (χ3v) is 22.6. The van der Waals surface area contributed by atoms with Crippen molar-refractivity contribution in [3.63, 3.8) is 0 Å². The number of carboxylic acid groups (broad SMARTS) is 1. The summed E-state index contributed by atoms with van der Waals surface area (Å²) in [5.74, 6) is -9.15. The quantitative estimate of drug-likeness (QED) is 0.00982. The zero-order valence-electron chi connectivity index (χ0n) is 90.6. The molecule has 0 heterocycles. The number of ether oxygens (including phenoxy) is 7. The fourth-order valence-corrected chi connectivity index (χ4v) is 15.7. The third-order valence-electron chi connectivity index (χ3n) is 22.6. The SMILES string of the molecule is CC(C)C[C@@H](NC(=O)[C@H](CC(=O)[C@@H](Cc1ccccc1)NC(=O)OC(C)(C)C)Cc1ccccc1)C(=O)C[C@H](CCCCNC(=O)OC(C)(C)C)C(=O)O.COC(=O)[C@@H](CCCCNC(=O)OC(C)(C)C)CC(=O)[C@@H](CC(C)C)NC(=O)[C@H](CC(=O)[C@@H](Cc1ccccc1)NC(=O)OC(C)(C)C)Cc1ccccc1.COC(=O)[C@@H](CCCCNC(=O)OC(C)(C)C)CC(=O)[C@@H](CC(C)C)NC(=O)[C@H](N)Cc1ccccc1. The minimum atomic E-state index is -1.12. The number of aliphatic carboxylic acids is 1. The van der Waals surface area contributed by atoms with Crippen LogP contribution >= 0.6 is 0 Å². The lowest BCUT2D eigenvalue weighted by Crippen LogP contribution is -2.50. The molecule has 5 aromatic carbocycles. The second-order valence-electron chi connectivity index (χ2n) is 43.5. The van der Waals surface area contributed by atoms with Gasteiger partial charge in [-0.1, -0.05) is 212 Å². The summed E-state index contributed by atoms with van der Waals surface area (Å²) in [6, 6.07) is 41.0. The Kier molecular flexibility index (Phi) is 57.1. The summed E-state index contributed by atoms with van der Waals surface area (Å²) in [6.45, 7) is 39.0. The van der Waals surface area contributed by atoms with Crippen LogP contribution in [0.4, 0.5) is 24.0 Å². The van der Waals surface area contributed by atoms with E-state index in [-0.39, 0.29) is 112 Å². The molecule has 810 valence electrons. The molecule has 8 amide bonds. The maximum Gasteiger partial charge on any atom is 0.408 e. The van der Waals surface area contributed by atoms with Gasteiger partial charge in [-0.05, 0) is 239 Å². The molecular formula is C113H169N9O24. The molecule has 5 aromatic rings. The minimum absolute atomic E-state index is 0.0102. The first-order chi connectivity index (χ1) is 68.3. The lowest BCUT2D eigenvalue weighted by molar-refractivity contribution is -0.148. The largest absolute Gasteiger partial charge is 0.481 e. The average molecular weight is 2040 g/mol. The molecule has 0 saturated carbocycles. The third kappa shape index (κ3) is 58.1. The van der Waals surface area contributed by atoms with Crippen molar-refractivity contribution in [1.29, 1.82) is 0 Å². The number of nitrogens with two attached hydrogens (primary N) is 1. The molecular weight excluding hydrogens is 1870 g/mol. The molecule has 11 N–H and O–H groups in total. The van der Waals surface area contributed by atoms with Crippen molar-refractivity contribution in [2.24, 2.45) is 53.1 Å². The van der Waals surface area contributed by atoms with Crippen molar-refractivity contribution >= 4 is 95.0 Å². The molecule has 0 aliphatic heterocycles. The molecule has 11 atom stereocenters. The van der Waals surface area contributed by atoms with Crippen molar-refractivity contribution in [2.75, 3.05) is 33.9 Å². The van der Waals surface area contributed by atoms with E-state index in [0.717, 1.165) is 27.8 Å². The van der Waals surface area contributed by atoms with Gasteiger partial charge < -0.3 is 86.5 Å². The highest BCUT2D eigenvalue weighted by Gasteiger charge is 2.38. The van der Waals surface area contributed by atoms with Crippen LogP contribution in [0.2, 0.25) is 0 Å². The summed E-state index contributed by atoms with van der Waals surface area (Å²) in [7, 11) is 2.56. The number of rotatable bonds is 57. The maximum absolute atomic E-state index is 14.2. The number of nitrogens with one attached hydrogen (secondary N) is 8. The molecule has 33 heteroatoms. The predicted molar refractivity (Wildman–Crippen MR) is 561 cm³/mol. The van der Waals surface area contributed by atoms with Crippen LogP contribution in [0.5, 0.6) is 0 Å². The van der Waals surface area contributed by atoms with Crippen LogP contribution < -0.4 is 48.3 Å². The van der Waals surface area contributed by atoms with Crippen molar-refractivity contribution in [1.82, 2.24) is 42.5 Å². The molecule has 0 saturated heterocycles. The standard InChI is InChI=1S/C43H63N3O9.C42H61N3O9.C28H45N3O6/c1-29(2)24-34(36(47)27-32(39(50)53-9)22-16-17-23-44-40(51)54-42(3,4)5)45-38(49)33(25-30-18-12-10-13-19-30)28-37(48)35(26-31-20-14-11-15-21-31)46-41(52)55-43(6,7)8;1-28(2)23-33(35(46)26-31(38(49)50)21-15-16-22-43-39(51)53-41(3,4)5)44-37(48)32(24-29-17-11-9-12-18-29)27-36(47)34(25-30-19-13-10-14-20-30)45-40(52)54-42(6,7)8;1-19(2)16-23(31-25(33)22(29)17-20-12-8-7-9-13-20)24(32)18-21(26(34)36-6)14-10-11-15-30-27(35)37-28(3,4)5/h10-15,18-21,29,32-35H,16-17,22-28H2,1-9H3,(H,44,51)(H,45,49)(H,46,52);9-14,17-20,28,31-34H,15-16,21-27H2,1-8H3,(H,43,51)(H,44,48)(H,45,52)(H,49,50);7-9,12-13,19,21-23H,10-11,14-18,29H2,1-6H3,(H,30,35)(H,31,33)/t32-,33-,34+,35+;31-,32-,33+,34+;21-,22+,23+/m000/s1. The van der Waals surface area contributed by atoms with E-state index in [4.69, 9.17) is 38.9 Å². The number of unbranched alkanes of at least 4 members (excludes halogenated alkanes) is 3. The molecule has 0 aliphatic rings. The highest BCUT2D eigenvalue weighted by molar-refractivity contribution is 5.97. The fourth-order valence-electron chi connectivity index (χ4n) is 15.7. The second-order valence-corrected chi connectivity index (χ2v) is 43.5. The monoisotopic (exact) mass is 2040 g/mol. The molecule has 0 spiro atoms. The molecule has 0 unspecified atom stereocenters. The van der Waals surface area contributed by atoms with E-state index in [1.807, 2.05) is 193 Å². The van der Waals surface area contributed by atoms with Crippen LogP contribution in [0.25, 0.3) is 0 Å². The van der Waals surface area contributed by atoms with Crippen LogP contribution in [0.15, 0.2) is 152 Å². The lowest BCUT2D eigenvalue weighted by atomic mass is 9.88. The summed E-state index contributed by atoms with van der Waals surface area (Å²) in [5, 5.41) is 32.1. The van der Waals surface area contributed by atoms with Gasteiger partial charge in [0.15, 0.2) is 28.9 Å². The number of carbonyl (C=O) groups is 16. The summed E-state index contributed by atoms with van der Waals surface area (Å²) in [6.07, 6.45) is 2.40. The van der Waals surface area contributed by atoms with Gasteiger partial charge in [-0.25, -0.2) is 24.0 Å². The Balaban J connectivity index is 0.000000574. The van der Waals surface area contributed by atoms with Crippen molar-refractivity contribution in [3.8, 4) is 0 Å². The Morgan fingerprint density at radius 2 is 0.507 bits per heavy atom. The Morgan fingerprint density at radius 1 is 0.281 bits per heavy atom. The van der Waals surface area contributed by atoms with Gasteiger partial charge in [0.2, 0.25) is 17.7 Å². The van der Waals surface area contributed by atoms with Gasteiger partial charge in [-0.3, -0.25) is 52.7 Å². The number of alkyl carbamates (subject to hydrolysis) is 5. The minimum Gasteiger partial charge on any atom is -0.481 e. The topological polar surface area (TPSA) is 480 Å². The Bertz CT molecular complexity index is 4850. The number of carbonyl (C=O) groups excluding carboxylic acids is 15. The number of ketones is 5. The highest BCUT2D eigenvalue weighted by Crippen LogP contribution is 2.27. The molecule has 146 heavy (non-hydrogen) atoms. The Morgan fingerprint density at radius 3 is 0.760 bits per heavy atom. The Labute approximate surface area is 865 Å². The van der Waals surface area contributed by atoms with E-state index < -0.39 is 166 Å². The lowest BCUT2D eigenvalue weighted by Gasteiger charge is -2.26. The van der Waals surface area contributed by atoms with Gasteiger partial charge >= 0.3 is 48.4 Å². The van der Waals surface area contributed by atoms with Crippen LogP contribution in [0.3, 0.4) is 0 Å². The van der Waals surface area contributed by atoms with Crippen molar-refractivity contribution in [2.45, 2.75) is 351 Å². The molecule has 5 rings (SSSR count). The van der Waals surface area contributed by atoms with Gasteiger partial charge in [-0.2, -0.15) is 0 Å². The summed E-state index contributed by atoms with van der Waals surface area (Å²) in [5.41, 5.74) is 6.90. The predicted octanol–water partition coefficient (Wildman–Crippen LogP) is 17.3. The van der Waals surface area contributed by atoms with E-state index in [1.165, 1.54) is 14.2 Å². The summed E-state index contributed by atoms with van der Waals surface area (Å²) in [4.78, 5) is 209. The molecule has 0 fully saturated rings. The summed E-state index contributed by atoms with van der Waals surface area (Å²) < 4.78 is 36.5. The smallest absolute Gasteiger partial charge is 0.408 e. The zero-order valence-corrected chi connectivity index (χ0v) is 90.6. The van der Waals surface area contributed by atoms with Gasteiger partial charge in [0.05, 0.1) is 68.2 Å². The van der Waals surface area contributed by atoms with Gasteiger partial charge in [0, 0.05) is 63.6 Å². The number of Topliss-reactive ketones (excluding diaryl/α,β-unsaturated/α-hetero) is 5. The van der Waals surface area contributed by atoms with Crippen molar-refractivity contribution in [3.05, 3.63) is 179 Å². The number of amides is 8. The first-order valence-electron chi connectivity index (χ1n) is 51.1. The number of hydrogen-bond acceptors (Lipinski definition) is 24. The van der Waals surface area contributed by atoms with E-state index in [2.05, 4.69) is 42.5 Å². The number of esters is 2. The molecule has 33 nitrogen and oxygen atoms in total. The second kappa shape index (κ2) is 65.2. The fraction of sp³-hybridized carbons (Fsp3) is 0.593. The number of methoxy groups -OCH3 is 2. The van der Waals surface area contributed by atoms with Crippen LogP contribution in [0.1, 0.15) is 282 Å². The highest BCUT2D eigenvalue weighted by atomic mass is 16.6. The van der Waals surface area contributed by atoms with E-state index >= 15 is 0 Å². The van der Waals surface area contributed by atoms with Crippen molar-refractivity contribution < 1.29 is 115 Å². The number of carboxylic acids is 1. The molecule has 0 bridgehead atoms. The molecule has 0 radical (unpaired) electrons. The first kappa shape index (κ1) is 128. The number of benzene rings is 5. The van der Waals surface area contributed by atoms with E-state index in [9.17, 15) is 81.8 Å². The molecule has 0 aromatic heterocycles. The Hall–Kier alpha value is -12.4. The molecule has 0 aliphatic carbocycles. The number of hydrogen-bond donors (Lipinski definition) is 10. The van der Waals surface area contributed by atoms with Gasteiger partial charge in [-0.15, -0.1) is 0 Å². The van der Waals surface area contributed by atoms with Gasteiger partial charge in [0.25, 0.3) is 0 Å². The van der Waals surface area contributed by atoms with E-state index in [1.54, 1.807) is 104 Å². The van der Waals surface area contributed by atoms with Crippen LogP contribution in [-0.2, 0) is 118 Å². The average Bonchev–Trinajstić information content (AvgIpc) is 0.843. The van der Waals surface area contributed by atoms with Crippen LogP contribution in [0, 0.1) is 47.3 Å². The normalized spacial score (nSPS) is 13.8. The maximum atomic E-state index is 14.2. The van der Waals surface area contributed by atoms with Gasteiger partial charge in [0.1, 0.15) is 28.0 Å². The van der Waals surface area contributed by atoms with Crippen LogP contribution in [-0.4, -0.2) is 198 Å². The summed E-state index contributed by atoms with van der Waals surface area (Å²) >= 11 is 0. The zero-order chi connectivity index (χ0) is 110. The first-order valence-corrected chi connectivity index (χ1v) is 51.1. The van der Waals surface area contributed by atoms with E-state index in [0.29, 0.717) is 90.3 Å².